The molecule has 1 aromatic rings. The van der Waals surface area contributed by atoms with E-state index < -0.39 is 0 Å². The lowest BCUT2D eigenvalue weighted by molar-refractivity contribution is 0.443. The standard InChI is InChI=1S/C17H22/c1-2-6-14(7-3-1)16-10-12-17(13-11-16)15-8-4-5-9-15/h8,10-14H,1-7,9H2. The van der Waals surface area contributed by atoms with Gasteiger partial charge in [-0.15, -0.1) is 0 Å². The Morgan fingerprint density at radius 3 is 2.24 bits per heavy atom. The second-order valence-corrected chi connectivity index (χ2v) is 5.58. The van der Waals surface area contributed by atoms with Crippen LogP contribution in [0.2, 0.25) is 0 Å². The van der Waals surface area contributed by atoms with Crippen molar-refractivity contribution in [3.8, 4) is 0 Å². The van der Waals surface area contributed by atoms with Crippen molar-refractivity contribution in [1.29, 1.82) is 0 Å². The van der Waals surface area contributed by atoms with Gasteiger partial charge < -0.3 is 0 Å². The molecule has 1 aromatic carbocycles. The van der Waals surface area contributed by atoms with Crippen LogP contribution in [0, 0.1) is 0 Å². The third-order valence-corrected chi connectivity index (χ3v) is 4.40. The largest absolute Gasteiger partial charge is 0.0807 e. The van der Waals surface area contributed by atoms with Gasteiger partial charge in [0.25, 0.3) is 0 Å². The molecule has 0 heterocycles. The molecule has 2 aliphatic carbocycles. The summed E-state index contributed by atoms with van der Waals surface area (Å²) < 4.78 is 0. The average molecular weight is 226 g/mol. The van der Waals surface area contributed by atoms with E-state index >= 15 is 0 Å². The molecule has 0 amide bonds. The van der Waals surface area contributed by atoms with Crippen molar-refractivity contribution < 1.29 is 0 Å². The zero-order valence-corrected chi connectivity index (χ0v) is 10.6. The molecule has 0 heteroatoms. The molecule has 0 bridgehead atoms. The zero-order chi connectivity index (χ0) is 11.5. The minimum absolute atomic E-state index is 0.843. The highest BCUT2D eigenvalue weighted by Gasteiger charge is 2.15. The van der Waals surface area contributed by atoms with Gasteiger partial charge in [0, 0.05) is 0 Å². The van der Waals surface area contributed by atoms with Crippen LogP contribution in [0.25, 0.3) is 5.57 Å². The van der Waals surface area contributed by atoms with Gasteiger partial charge in [0.05, 0.1) is 0 Å². The van der Waals surface area contributed by atoms with Crippen LogP contribution in [0.4, 0.5) is 0 Å². The highest BCUT2D eigenvalue weighted by molar-refractivity contribution is 5.67. The van der Waals surface area contributed by atoms with Crippen LogP contribution >= 0.6 is 0 Å². The second-order valence-electron chi connectivity index (χ2n) is 5.58. The Hall–Kier alpha value is -1.04. The van der Waals surface area contributed by atoms with Gasteiger partial charge in [0.15, 0.2) is 0 Å². The first-order valence-corrected chi connectivity index (χ1v) is 7.23. The van der Waals surface area contributed by atoms with Crippen molar-refractivity contribution in [2.75, 3.05) is 0 Å². The molecule has 90 valence electrons. The normalized spacial score (nSPS) is 21.5. The predicted molar refractivity (Wildman–Crippen MR) is 74.1 cm³/mol. The summed E-state index contributed by atoms with van der Waals surface area (Å²) in [5.41, 5.74) is 4.61. The van der Waals surface area contributed by atoms with Gasteiger partial charge in [-0.3, -0.25) is 0 Å². The van der Waals surface area contributed by atoms with Gasteiger partial charge in [-0.05, 0) is 54.7 Å². The highest BCUT2D eigenvalue weighted by atomic mass is 14.2. The van der Waals surface area contributed by atoms with E-state index in [0.717, 1.165) is 5.92 Å². The second kappa shape index (κ2) is 5.08. The van der Waals surface area contributed by atoms with Crippen LogP contribution < -0.4 is 0 Å². The molecular formula is C17H22. The first-order chi connectivity index (χ1) is 8.43. The number of rotatable bonds is 2. The lowest BCUT2D eigenvalue weighted by atomic mass is 9.83. The Morgan fingerprint density at radius 2 is 1.59 bits per heavy atom. The fourth-order valence-corrected chi connectivity index (χ4v) is 3.34. The van der Waals surface area contributed by atoms with Gasteiger partial charge in [0.2, 0.25) is 0 Å². The molecule has 0 N–H and O–H groups in total. The van der Waals surface area contributed by atoms with Crippen LogP contribution in [0.15, 0.2) is 30.3 Å². The van der Waals surface area contributed by atoms with E-state index in [1.54, 1.807) is 11.1 Å². The van der Waals surface area contributed by atoms with Crippen LogP contribution in [0.1, 0.15) is 68.4 Å². The number of allylic oxidation sites excluding steroid dienone is 2. The van der Waals surface area contributed by atoms with Gasteiger partial charge in [-0.25, -0.2) is 0 Å². The summed E-state index contributed by atoms with van der Waals surface area (Å²) in [6.45, 7) is 0. The van der Waals surface area contributed by atoms with Crippen molar-refractivity contribution in [3.05, 3.63) is 41.5 Å². The van der Waals surface area contributed by atoms with Crippen LogP contribution in [0.5, 0.6) is 0 Å². The SMILES string of the molecule is C1=C(c2ccc(C3CCCCC3)cc2)CCC1. The summed E-state index contributed by atoms with van der Waals surface area (Å²) in [4.78, 5) is 0. The van der Waals surface area contributed by atoms with Crippen LogP contribution in [-0.2, 0) is 0 Å². The lowest BCUT2D eigenvalue weighted by Gasteiger charge is -2.22. The number of benzene rings is 1. The summed E-state index contributed by atoms with van der Waals surface area (Å²) in [5, 5.41) is 0. The van der Waals surface area contributed by atoms with E-state index in [-0.39, 0.29) is 0 Å². The third kappa shape index (κ3) is 2.46. The summed E-state index contributed by atoms with van der Waals surface area (Å²) in [5.74, 6) is 0.843. The van der Waals surface area contributed by atoms with E-state index in [1.165, 1.54) is 56.9 Å². The van der Waals surface area contributed by atoms with Gasteiger partial charge in [-0.2, -0.15) is 0 Å². The van der Waals surface area contributed by atoms with Crippen molar-refractivity contribution in [2.45, 2.75) is 57.3 Å². The Bertz CT molecular complexity index is 391. The Morgan fingerprint density at radius 1 is 0.824 bits per heavy atom. The molecule has 1 fully saturated rings. The van der Waals surface area contributed by atoms with Crippen LogP contribution in [-0.4, -0.2) is 0 Å². The lowest BCUT2D eigenvalue weighted by Crippen LogP contribution is -2.04. The van der Waals surface area contributed by atoms with Gasteiger partial charge >= 0.3 is 0 Å². The Kier molecular flexibility index (Phi) is 3.31. The van der Waals surface area contributed by atoms with Crippen molar-refractivity contribution in [3.63, 3.8) is 0 Å². The predicted octanol–water partition coefficient (Wildman–Crippen LogP) is 5.30. The Balaban J connectivity index is 1.75. The minimum Gasteiger partial charge on any atom is -0.0807 e. The monoisotopic (exact) mass is 226 g/mol. The maximum atomic E-state index is 2.41. The van der Waals surface area contributed by atoms with E-state index in [4.69, 9.17) is 0 Å². The molecule has 0 aliphatic heterocycles. The first-order valence-electron chi connectivity index (χ1n) is 7.23. The molecule has 0 saturated heterocycles. The molecule has 17 heavy (non-hydrogen) atoms. The minimum atomic E-state index is 0.843. The van der Waals surface area contributed by atoms with Crippen molar-refractivity contribution in [1.82, 2.24) is 0 Å². The van der Waals surface area contributed by atoms with E-state index in [2.05, 4.69) is 30.3 Å². The fourth-order valence-electron chi connectivity index (χ4n) is 3.34. The summed E-state index contributed by atoms with van der Waals surface area (Å²) in [7, 11) is 0. The van der Waals surface area contributed by atoms with E-state index in [0.29, 0.717) is 0 Å². The highest BCUT2D eigenvalue weighted by Crippen LogP contribution is 2.34. The molecule has 1 saturated carbocycles. The fraction of sp³-hybridized carbons (Fsp3) is 0.529. The smallest absolute Gasteiger partial charge is 0.0162 e. The number of hydrogen-bond donors (Lipinski definition) is 0. The maximum absolute atomic E-state index is 2.41. The first kappa shape index (κ1) is 11.1. The van der Waals surface area contributed by atoms with Gasteiger partial charge in [-0.1, -0.05) is 49.6 Å². The van der Waals surface area contributed by atoms with Crippen LogP contribution in [0.3, 0.4) is 0 Å². The molecule has 2 aliphatic rings. The molecule has 0 unspecified atom stereocenters. The van der Waals surface area contributed by atoms with Crippen molar-refractivity contribution in [2.24, 2.45) is 0 Å². The van der Waals surface area contributed by atoms with Gasteiger partial charge in [0.1, 0.15) is 0 Å². The molecule has 0 atom stereocenters. The molecule has 0 radical (unpaired) electrons. The maximum Gasteiger partial charge on any atom is -0.0162 e. The van der Waals surface area contributed by atoms with E-state index in [9.17, 15) is 0 Å². The summed E-state index contributed by atoms with van der Waals surface area (Å²) in [6, 6.07) is 9.46. The quantitative estimate of drug-likeness (QED) is 0.641. The molecular weight excluding hydrogens is 204 g/mol. The molecule has 0 nitrogen and oxygen atoms in total. The average Bonchev–Trinajstić information content (AvgIpc) is 2.94. The number of hydrogen-bond acceptors (Lipinski definition) is 0. The molecule has 3 rings (SSSR count). The third-order valence-electron chi connectivity index (χ3n) is 4.40. The summed E-state index contributed by atoms with van der Waals surface area (Å²) >= 11 is 0. The topological polar surface area (TPSA) is 0 Å². The van der Waals surface area contributed by atoms with Crippen molar-refractivity contribution >= 4 is 5.57 Å². The summed E-state index contributed by atoms with van der Waals surface area (Å²) in [6.07, 6.45) is 13.4. The Labute approximate surface area is 105 Å². The molecule has 0 spiro atoms. The zero-order valence-electron chi connectivity index (χ0n) is 10.6. The molecule has 0 aromatic heterocycles. The van der Waals surface area contributed by atoms with E-state index in [1.807, 2.05) is 0 Å².